The Bertz CT molecular complexity index is 1670. The van der Waals surface area contributed by atoms with Crippen LogP contribution in [-0.4, -0.2) is 58.1 Å². The monoisotopic (exact) mass is 698 g/mol. The number of methoxy groups -OCH3 is 1. The second-order valence-electron chi connectivity index (χ2n) is 12.2. The Balaban J connectivity index is 0.00000486. The number of aliphatic carboxylic acids is 1. The van der Waals surface area contributed by atoms with Crippen molar-refractivity contribution in [2.24, 2.45) is 5.92 Å². The van der Waals surface area contributed by atoms with Crippen molar-refractivity contribution in [3.8, 4) is 28.7 Å². The Hall–Kier alpha value is -4.13. The molecule has 12 nitrogen and oxygen atoms in total. The summed E-state index contributed by atoms with van der Waals surface area (Å²) in [6, 6.07) is 16.1. The number of fused-ring (bicyclic) bond motifs is 2. The Kier molecular flexibility index (Phi) is 12.8. The van der Waals surface area contributed by atoms with Gasteiger partial charge in [-0.25, -0.2) is 4.79 Å². The fourth-order valence-corrected chi connectivity index (χ4v) is 6.87. The fraction of sp³-hybridized carbons (Fsp3) is 0.432. The van der Waals surface area contributed by atoms with Gasteiger partial charge in [0.1, 0.15) is 30.0 Å². The normalized spacial score (nSPS) is 19.0. The first-order valence-electron chi connectivity index (χ1n) is 16.5. The number of carboxylic acid groups (broad SMARTS) is 1. The maximum atomic E-state index is 14.3. The molecule has 3 unspecified atom stereocenters. The van der Waals surface area contributed by atoms with Gasteiger partial charge >= 0.3 is 41.7 Å². The average Bonchev–Trinajstić information content (AvgIpc) is 3.72. The van der Waals surface area contributed by atoms with Crippen LogP contribution in [0.4, 0.5) is 4.79 Å². The summed E-state index contributed by atoms with van der Waals surface area (Å²) in [6.45, 7) is 1.18. The number of esters is 1. The molecular formula is C37H39NaO12. The van der Waals surface area contributed by atoms with Crippen LogP contribution in [0.15, 0.2) is 54.6 Å². The van der Waals surface area contributed by atoms with Gasteiger partial charge in [0, 0.05) is 23.5 Å². The first-order chi connectivity index (χ1) is 23.9. The quantitative estimate of drug-likeness (QED) is 0.147. The van der Waals surface area contributed by atoms with Gasteiger partial charge in [0.2, 0.25) is 13.6 Å². The van der Waals surface area contributed by atoms with Crippen LogP contribution >= 0.6 is 0 Å². The number of carboxylic acids is 1. The zero-order valence-corrected chi connectivity index (χ0v) is 30.5. The van der Waals surface area contributed by atoms with E-state index in [4.69, 9.17) is 37.9 Å². The topological polar surface area (TPSA) is 148 Å². The Morgan fingerprint density at radius 1 is 0.820 bits per heavy atom. The van der Waals surface area contributed by atoms with Gasteiger partial charge in [-0.05, 0) is 79.1 Å². The standard InChI is InChI=1S/C37H40O12.Na/c1-3-15-43-25-11-12-26-28(17-25)34(27-13-10-24(42-2)18-30(27)44-19-32(38)39)35(33(26)22-9-14-29-31(16-22)46-20-45-29)36(40)47-21-48-37(41)49-23-7-5-4-6-8-23;/h9-14,16-18,23,33-35H,3-8,15,19-21H2,1-2H3,(H,38,39);/q;+1/p-1. The largest absolute Gasteiger partial charge is 1.00 e. The molecule has 1 heterocycles. The molecule has 3 atom stereocenters. The fourth-order valence-electron chi connectivity index (χ4n) is 6.87. The van der Waals surface area contributed by atoms with Gasteiger partial charge in [0.15, 0.2) is 11.5 Å². The second kappa shape index (κ2) is 17.2. The minimum atomic E-state index is -1.41. The van der Waals surface area contributed by atoms with E-state index in [0.717, 1.165) is 55.2 Å². The van der Waals surface area contributed by atoms with Gasteiger partial charge in [-0.1, -0.05) is 31.5 Å². The molecule has 1 fully saturated rings. The molecule has 0 saturated heterocycles. The second-order valence-corrected chi connectivity index (χ2v) is 12.2. The Morgan fingerprint density at radius 2 is 1.58 bits per heavy atom. The van der Waals surface area contributed by atoms with Crippen LogP contribution in [-0.2, 0) is 23.8 Å². The molecule has 0 radical (unpaired) electrons. The van der Waals surface area contributed by atoms with Crippen LogP contribution in [0.3, 0.4) is 0 Å². The third kappa shape index (κ3) is 8.42. The number of hydrogen-bond acceptors (Lipinski definition) is 12. The van der Waals surface area contributed by atoms with Crippen molar-refractivity contribution < 1.29 is 86.9 Å². The van der Waals surface area contributed by atoms with Gasteiger partial charge in [0.05, 0.1) is 25.6 Å². The summed E-state index contributed by atoms with van der Waals surface area (Å²) in [4.78, 5) is 38.3. The summed E-state index contributed by atoms with van der Waals surface area (Å²) in [6.07, 6.45) is 4.25. The van der Waals surface area contributed by atoms with Gasteiger partial charge in [-0.15, -0.1) is 0 Å². The molecule has 0 bridgehead atoms. The zero-order chi connectivity index (χ0) is 34.3. The van der Waals surface area contributed by atoms with Crippen molar-refractivity contribution in [1.82, 2.24) is 0 Å². The predicted octanol–water partition coefficient (Wildman–Crippen LogP) is 2.23. The summed E-state index contributed by atoms with van der Waals surface area (Å²) in [5.41, 5.74) is 2.83. The summed E-state index contributed by atoms with van der Waals surface area (Å²) in [5.74, 6) is -1.98. The van der Waals surface area contributed by atoms with Crippen LogP contribution in [0.2, 0.25) is 0 Å². The number of carbonyl (C=O) groups is 3. The van der Waals surface area contributed by atoms with E-state index >= 15 is 0 Å². The number of carbonyl (C=O) groups excluding carboxylic acids is 3. The van der Waals surface area contributed by atoms with E-state index in [-0.39, 0.29) is 48.2 Å². The van der Waals surface area contributed by atoms with Crippen LogP contribution < -0.4 is 58.3 Å². The number of hydrogen-bond donors (Lipinski definition) is 0. The zero-order valence-electron chi connectivity index (χ0n) is 28.5. The minimum absolute atomic E-state index is 0. The van der Waals surface area contributed by atoms with Crippen molar-refractivity contribution >= 4 is 18.1 Å². The molecule has 3 aliphatic rings. The molecular weight excluding hydrogens is 659 g/mol. The molecule has 1 saturated carbocycles. The molecule has 0 aromatic heterocycles. The van der Waals surface area contributed by atoms with E-state index in [9.17, 15) is 19.5 Å². The third-order valence-corrected chi connectivity index (χ3v) is 9.04. The molecule has 0 spiro atoms. The number of ether oxygens (including phenoxy) is 8. The van der Waals surface area contributed by atoms with Crippen molar-refractivity contribution in [2.45, 2.75) is 63.4 Å². The van der Waals surface area contributed by atoms with Gasteiger partial charge < -0.3 is 47.8 Å². The average molecular weight is 699 g/mol. The van der Waals surface area contributed by atoms with Crippen LogP contribution in [0, 0.1) is 5.92 Å². The van der Waals surface area contributed by atoms with Crippen molar-refractivity contribution in [3.05, 3.63) is 76.9 Å². The Morgan fingerprint density at radius 3 is 2.34 bits per heavy atom. The van der Waals surface area contributed by atoms with E-state index in [0.29, 0.717) is 35.2 Å². The smallest absolute Gasteiger partial charge is 0.546 e. The number of benzene rings is 3. The molecule has 13 heteroatoms. The van der Waals surface area contributed by atoms with Crippen LogP contribution in [0.1, 0.15) is 79.5 Å². The van der Waals surface area contributed by atoms with Crippen molar-refractivity contribution in [2.75, 3.05) is 33.9 Å². The van der Waals surface area contributed by atoms with Gasteiger partial charge in [0.25, 0.3) is 0 Å². The SMILES string of the molecule is CCCOc1ccc2c(c1)C(c1ccc(OC)cc1OCC(=O)[O-])C(C(=O)OCOC(=O)OC1CCCCC1)C2c1ccc2c(c1)OCO2.[Na+]. The molecule has 0 amide bonds. The minimum Gasteiger partial charge on any atom is -0.546 e. The van der Waals surface area contributed by atoms with Crippen molar-refractivity contribution in [3.63, 3.8) is 0 Å². The van der Waals surface area contributed by atoms with E-state index in [1.165, 1.54) is 7.11 Å². The molecule has 6 rings (SSSR count). The third-order valence-electron chi connectivity index (χ3n) is 9.04. The van der Waals surface area contributed by atoms with Crippen molar-refractivity contribution in [1.29, 1.82) is 0 Å². The van der Waals surface area contributed by atoms with Crippen LogP contribution in [0.5, 0.6) is 28.7 Å². The predicted molar refractivity (Wildman–Crippen MR) is 171 cm³/mol. The van der Waals surface area contributed by atoms with Gasteiger partial charge in [-0.3, -0.25) is 4.79 Å². The van der Waals surface area contributed by atoms with E-state index in [1.807, 2.05) is 37.3 Å². The van der Waals surface area contributed by atoms with Gasteiger partial charge in [-0.2, -0.15) is 0 Å². The van der Waals surface area contributed by atoms with E-state index in [2.05, 4.69) is 0 Å². The molecule has 0 N–H and O–H groups in total. The van der Waals surface area contributed by atoms with E-state index < -0.39 is 49.2 Å². The number of rotatable bonds is 13. The molecule has 1 aliphatic heterocycles. The molecule has 50 heavy (non-hydrogen) atoms. The Labute approximate surface area is 312 Å². The molecule has 3 aromatic rings. The summed E-state index contributed by atoms with van der Waals surface area (Å²) in [7, 11) is 1.48. The molecule has 3 aromatic carbocycles. The molecule has 2 aliphatic carbocycles. The summed E-state index contributed by atoms with van der Waals surface area (Å²) >= 11 is 0. The first-order valence-corrected chi connectivity index (χ1v) is 16.5. The van der Waals surface area contributed by atoms with E-state index in [1.54, 1.807) is 24.3 Å². The summed E-state index contributed by atoms with van der Waals surface area (Å²) < 4.78 is 44.7. The summed E-state index contributed by atoms with van der Waals surface area (Å²) in [5, 5.41) is 11.5. The maximum absolute atomic E-state index is 14.3. The maximum Gasteiger partial charge on any atom is 1.00 e. The first kappa shape index (κ1) is 37.1. The van der Waals surface area contributed by atoms with Crippen LogP contribution in [0.25, 0.3) is 0 Å². The molecule has 260 valence electrons.